The second-order valence-electron chi connectivity index (χ2n) is 4.67. The molecule has 16 heavy (non-hydrogen) atoms. The van der Waals surface area contributed by atoms with E-state index in [1.807, 2.05) is 12.1 Å². The summed E-state index contributed by atoms with van der Waals surface area (Å²) < 4.78 is 1.10. The summed E-state index contributed by atoms with van der Waals surface area (Å²) in [7, 11) is 0. The van der Waals surface area contributed by atoms with Gasteiger partial charge in [-0.15, -0.1) is 0 Å². The molecule has 2 rings (SSSR count). The number of rotatable bonds is 2. The monoisotopic (exact) mass is 301 g/mol. The molecule has 0 radical (unpaired) electrons. The van der Waals surface area contributed by atoms with E-state index >= 15 is 0 Å². The molecule has 0 aromatic heterocycles. The summed E-state index contributed by atoms with van der Waals surface area (Å²) in [6.45, 7) is 0.729. The fourth-order valence-corrected chi connectivity index (χ4v) is 3.83. The maximum atomic E-state index is 6.02. The van der Waals surface area contributed by atoms with Crippen molar-refractivity contribution < 1.29 is 0 Å². The minimum absolute atomic E-state index is 0.168. The van der Waals surface area contributed by atoms with Crippen LogP contribution in [0.25, 0.3) is 0 Å². The third kappa shape index (κ3) is 2.29. The lowest BCUT2D eigenvalue weighted by atomic mass is 9.69. The van der Waals surface area contributed by atoms with Gasteiger partial charge < -0.3 is 5.73 Å². The molecule has 1 aromatic carbocycles. The molecule has 3 heteroatoms. The van der Waals surface area contributed by atoms with Crippen molar-refractivity contribution in [2.45, 2.75) is 37.5 Å². The fraction of sp³-hybridized carbons (Fsp3) is 0.538. The molecule has 0 unspecified atom stereocenters. The van der Waals surface area contributed by atoms with E-state index in [-0.39, 0.29) is 5.41 Å². The number of nitrogens with two attached hydrogens (primary N) is 1. The van der Waals surface area contributed by atoms with Crippen LogP contribution in [0.5, 0.6) is 0 Å². The summed E-state index contributed by atoms with van der Waals surface area (Å²) in [4.78, 5) is 0. The Morgan fingerprint density at radius 2 is 1.94 bits per heavy atom. The summed E-state index contributed by atoms with van der Waals surface area (Å²) in [5, 5.41) is 0.776. The average Bonchev–Trinajstić information content (AvgIpc) is 2.30. The van der Waals surface area contributed by atoms with Crippen LogP contribution in [0.15, 0.2) is 22.7 Å². The first-order valence-electron chi connectivity index (χ1n) is 5.83. The van der Waals surface area contributed by atoms with Gasteiger partial charge in [0.1, 0.15) is 0 Å². The lowest BCUT2D eigenvalue weighted by molar-refractivity contribution is 0.299. The van der Waals surface area contributed by atoms with E-state index in [4.69, 9.17) is 17.3 Å². The highest BCUT2D eigenvalue weighted by Crippen LogP contribution is 2.42. The molecule has 0 bridgehead atoms. The van der Waals surface area contributed by atoms with Crippen LogP contribution in [0.3, 0.4) is 0 Å². The molecule has 2 N–H and O–H groups in total. The molecular formula is C13H17BrClN. The topological polar surface area (TPSA) is 26.0 Å². The first-order valence-corrected chi connectivity index (χ1v) is 7.01. The van der Waals surface area contributed by atoms with Crippen molar-refractivity contribution in [3.05, 3.63) is 33.3 Å². The first-order chi connectivity index (χ1) is 7.68. The second-order valence-corrected chi connectivity index (χ2v) is 5.96. The molecule has 0 atom stereocenters. The van der Waals surface area contributed by atoms with Crippen LogP contribution in [-0.2, 0) is 5.41 Å². The Kier molecular flexibility index (Phi) is 3.93. The van der Waals surface area contributed by atoms with Crippen LogP contribution in [0.1, 0.15) is 37.7 Å². The maximum absolute atomic E-state index is 6.02. The number of hydrogen-bond donors (Lipinski definition) is 1. The van der Waals surface area contributed by atoms with Gasteiger partial charge in [-0.05, 0) is 30.5 Å². The Morgan fingerprint density at radius 3 is 2.50 bits per heavy atom. The Balaban J connectivity index is 2.39. The van der Waals surface area contributed by atoms with Crippen molar-refractivity contribution in [1.82, 2.24) is 0 Å². The normalized spacial score (nSPS) is 19.7. The van der Waals surface area contributed by atoms with Gasteiger partial charge in [0.25, 0.3) is 0 Å². The first kappa shape index (κ1) is 12.4. The zero-order chi connectivity index (χ0) is 11.6. The third-order valence-electron chi connectivity index (χ3n) is 3.70. The highest BCUT2D eigenvalue weighted by molar-refractivity contribution is 9.10. The van der Waals surface area contributed by atoms with Crippen molar-refractivity contribution in [1.29, 1.82) is 0 Å². The molecule has 1 aliphatic carbocycles. The summed E-state index contributed by atoms with van der Waals surface area (Å²) in [5.41, 5.74) is 7.52. The van der Waals surface area contributed by atoms with Gasteiger partial charge in [-0.25, -0.2) is 0 Å². The molecule has 0 aliphatic heterocycles. The lowest BCUT2D eigenvalue weighted by Gasteiger charge is -2.37. The van der Waals surface area contributed by atoms with Crippen molar-refractivity contribution in [2.75, 3.05) is 6.54 Å². The Bertz CT molecular complexity index is 372. The SMILES string of the molecule is NCC1(c2ccc(Cl)cc2Br)CCCCC1. The molecule has 0 amide bonds. The molecule has 1 aromatic rings. The van der Waals surface area contributed by atoms with E-state index in [0.29, 0.717) is 0 Å². The zero-order valence-corrected chi connectivity index (χ0v) is 11.6. The van der Waals surface area contributed by atoms with E-state index < -0.39 is 0 Å². The molecule has 0 heterocycles. The summed E-state index contributed by atoms with van der Waals surface area (Å²) >= 11 is 9.60. The van der Waals surface area contributed by atoms with Crippen molar-refractivity contribution in [3.8, 4) is 0 Å². The van der Waals surface area contributed by atoms with Crippen LogP contribution in [0, 0.1) is 0 Å². The standard InChI is InChI=1S/C13H17BrClN/c14-12-8-10(15)4-5-11(12)13(9-16)6-2-1-3-7-13/h4-5,8H,1-3,6-7,9,16H2. The Hall–Kier alpha value is -0.0500. The van der Waals surface area contributed by atoms with E-state index in [0.717, 1.165) is 16.0 Å². The van der Waals surface area contributed by atoms with Gasteiger partial charge in [0.15, 0.2) is 0 Å². The molecule has 1 fully saturated rings. The lowest BCUT2D eigenvalue weighted by Crippen LogP contribution is -2.37. The molecular weight excluding hydrogens is 286 g/mol. The van der Waals surface area contributed by atoms with Crippen LogP contribution in [0.4, 0.5) is 0 Å². The fourth-order valence-electron chi connectivity index (χ4n) is 2.73. The van der Waals surface area contributed by atoms with Gasteiger partial charge in [0.2, 0.25) is 0 Å². The third-order valence-corrected chi connectivity index (χ3v) is 4.60. The van der Waals surface area contributed by atoms with Gasteiger partial charge >= 0.3 is 0 Å². The molecule has 1 aliphatic rings. The summed E-state index contributed by atoms with van der Waals surface area (Å²) in [6, 6.07) is 6.07. The predicted molar refractivity (Wildman–Crippen MR) is 73.0 cm³/mol. The van der Waals surface area contributed by atoms with Crippen molar-refractivity contribution in [2.24, 2.45) is 5.73 Å². The highest BCUT2D eigenvalue weighted by Gasteiger charge is 2.33. The Morgan fingerprint density at radius 1 is 1.25 bits per heavy atom. The van der Waals surface area contributed by atoms with Gasteiger partial charge in [-0.3, -0.25) is 0 Å². The summed E-state index contributed by atoms with van der Waals surface area (Å²) in [5.74, 6) is 0. The molecule has 0 saturated heterocycles. The molecule has 0 spiro atoms. The average molecular weight is 303 g/mol. The van der Waals surface area contributed by atoms with Crippen molar-refractivity contribution in [3.63, 3.8) is 0 Å². The maximum Gasteiger partial charge on any atom is 0.0417 e. The van der Waals surface area contributed by atoms with Gasteiger partial charge in [0, 0.05) is 21.5 Å². The van der Waals surface area contributed by atoms with Crippen LogP contribution < -0.4 is 5.73 Å². The highest BCUT2D eigenvalue weighted by atomic mass is 79.9. The van der Waals surface area contributed by atoms with Gasteiger partial charge in [-0.2, -0.15) is 0 Å². The number of benzene rings is 1. The predicted octanol–water partition coefficient (Wildman–Crippen LogP) is 4.26. The summed E-state index contributed by atoms with van der Waals surface area (Å²) in [6.07, 6.45) is 6.30. The quantitative estimate of drug-likeness (QED) is 0.868. The van der Waals surface area contributed by atoms with Gasteiger partial charge in [-0.1, -0.05) is 52.9 Å². The molecule has 1 saturated carbocycles. The van der Waals surface area contributed by atoms with Crippen LogP contribution in [-0.4, -0.2) is 6.54 Å². The van der Waals surface area contributed by atoms with Gasteiger partial charge in [0.05, 0.1) is 0 Å². The zero-order valence-electron chi connectivity index (χ0n) is 9.31. The van der Waals surface area contributed by atoms with Crippen LogP contribution in [0.2, 0.25) is 5.02 Å². The van der Waals surface area contributed by atoms with E-state index in [1.54, 1.807) is 0 Å². The largest absolute Gasteiger partial charge is 0.330 e. The minimum atomic E-state index is 0.168. The molecule has 1 nitrogen and oxygen atoms in total. The van der Waals surface area contributed by atoms with E-state index in [1.165, 1.54) is 37.7 Å². The minimum Gasteiger partial charge on any atom is -0.330 e. The van der Waals surface area contributed by atoms with E-state index in [9.17, 15) is 0 Å². The van der Waals surface area contributed by atoms with E-state index in [2.05, 4.69) is 22.0 Å². The smallest absolute Gasteiger partial charge is 0.0417 e. The molecule has 88 valence electrons. The Labute approximate surface area is 110 Å². The number of halogens is 2. The second kappa shape index (κ2) is 5.07. The van der Waals surface area contributed by atoms with Crippen LogP contribution >= 0.6 is 27.5 Å². The van der Waals surface area contributed by atoms with Crippen molar-refractivity contribution >= 4 is 27.5 Å². The number of hydrogen-bond acceptors (Lipinski definition) is 1.